The van der Waals surface area contributed by atoms with Gasteiger partial charge in [-0.2, -0.15) is 0 Å². The van der Waals surface area contributed by atoms with Crippen LogP contribution in [-0.2, 0) is 0 Å². The van der Waals surface area contributed by atoms with Crippen molar-refractivity contribution in [2.75, 3.05) is 20.6 Å². The molecule has 0 radical (unpaired) electrons. The number of likely N-dealkylation sites (N-methyl/N-ethyl adjacent to an activating group) is 1. The van der Waals surface area contributed by atoms with Crippen LogP contribution in [0.15, 0.2) is 18.2 Å². The largest absolute Gasteiger partial charge is 0.508 e. The van der Waals surface area contributed by atoms with E-state index in [1.807, 2.05) is 19.1 Å². The first-order valence-electron chi connectivity index (χ1n) is 7.02. The summed E-state index contributed by atoms with van der Waals surface area (Å²) in [6, 6.07) is 6.40. The molecule has 1 aromatic rings. The monoisotopic (exact) mass is 264 g/mol. The van der Waals surface area contributed by atoms with E-state index in [0.29, 0.717) is 17.7 Å². The van der Waals surface area contributed by atoms with Crippen molar-refractivity contribution in [3.63, 3.8) is 0 Å². The van der Waals surface area contributed by atoms with Gasteiger partial charge in [-0.3, -0.25) is 0 Å². The van der Waals surface area contributed by atoms with Gasteiger partial charge in [-0.15, -0.1) is 0 Å². The highest BCUT2D eigenvalue weighted by atomic mass is 16.3. The number of hydrogen-bond donors (Lipinski definition) is 2. The van der Waals surface area contributed by atoms with E-state index in [2.05, 4.69) is 45.1 Å². The lowest BCUT2D eigenvalue weighted by molar-refractivity contribution is 0.219. The summed E-state index contributed by atoms with van der Waals surface area (Å²) in [6.07, 6.45) is 0. The lowest BCUT2D eigenvalue weighted by Gasteiger charge is -2.29. The first kappa shape index (κ1) is 16.0. The van der Waals surface area contributed by atoms with E-state index >= 15 is 0 Å². The van der Waals surface area contributed by atoms with E-state index in [1.165, 1.54) is 5.56 Å². The topological polar surface area (TPSA) is 35.5 Å². The first-order valence-corrected chi connectivity index (χ1v) is 7.02. The molecule has 0 saturated heterocycles. The zero-order valence-corrected chi connectivity index (χ0v) is 13.1. The average Bonchev–Trinajstić information content (AvgIpc) is 2.31. The molecule has 0 aliphatic heterocycles. The quantitative estimate of drug-likeness (QED) is 0.829. The Balaban J connectivity index is 2.69. The lowest BCUT2D eigenvalue weighted by Crippen LogP contribution is -2.42. The van der Waals surface area contributed by atoms with Gasteiger partial charge >= 0.3 is 0 Å². The minimum absolute atomic E-state index is 0.154. The van der Waals surface area contributed by atoms with Gasteiger partial charge in [0.1, 0.15) is 5.75 Å². The van der Waals surface area contributed by atoms with Crippen LogP contribution >= 0.6 is 0 Å². The second-order valence-electron chi connectivity index (χ2n) is 5.97. The van der Waals surface area contributed by atoms with Crippen LogP contribution in [0, 0.1) is 12.8 Å². The molecule has 0 spiro atoms. The maximum Gasteiger partial charge on any atom is 0.120 e. The molecule has 0 aromatic heterocycles. The van der Waals surface area contributed by atoms with Crippen LogP contribution in [0.3, 0.4) is 0 Å². The molecule has 2 unspecified atom stereocenters. The molecule has 19 heavy (non-hydrogen) atoms. The van der Waals surface area contributed by atoms with Crippen molar-refractivity contribution < 1.29 is 5.11 Å². The molecule has 108 valence electrons. The van der Waals surface area contributed by atoms with Crippen molar-refractivity contribution in [1.29, 1.82) is 0 Å². The molecule has 0 aliphatic rings. The van der Waals surface area contributed by atoms with Crippen LogP contribution in [0.1, 0.15) is 37.9 Å². The van der Waals surface area contributed by atoms with Crippen LogP contribution in [0.2, 0.25) is 0 Å². The predicted molar refractivity (Wildman–Crippen MR) is 81.6 cm³/mol. The number of aryl methyl sites for hydroxylation is 1. The van der Waals surface area contributed by atoms with Crippen LogP contribution in [0.25, 0.3) is 0 Å². The Bertz CT molecular complexity index is 394. The summed E-state index contributed by atoms with van der Waals surface area (Å²) in [7, 11) is 4.22. The highest BCUT2D eigenvalue weighted by Gasteiger charge is 2.17. The number of aromatic hydroxyl groups is 1. The van der Waals surface area contributed by atoms with Gasteiger partial charge < -0.3 is 15.3 Å². The fourth-order valence-corrected chi connectivity index (χ4v) is 2.44. The van der Waals surface area contributed by atoms with Crippen molar-refractivity contribution in [2.45, 2.75) is 39.8 Å². The van der Waals surface area contributed by atoms with Crippen LogP contribution < -0.4 is 5.32 Å². The highest BCUT2D eigenvalue weighted by molar-refractivity contribution is 5.37. The number of benzene rings is 1. The molecule has 0 heterocycles. The second kappa shape index (κ2) is 6.92. The summed E-state index contributed by atoms with van der Waals surface area (Å²) in [5.41, 5.74) is 2.15. The third kappa shape index (κ3) is 4.51. The molecule has 3 heteroatoms. The van der Waals surface area contributed by atoms with E-state index in [4.69, 9.17) is 0 Å². The summed E-state index contributed by atoms with van der Waals surface area (Å²) >= 11 is 0. The lowest BCUT2D eigenvalue weighted by atomic mass is 10.0. The number of hydrogen-bond acceptors (Lipinski definition) is 3. The van der Waals surface area contributed by atoms with Gasteiger partial charge in [-0.1, -0.05) is 31.5 Å². The molecule has 0 fully saturated rings. The molecule has 3 nitrogen and oxygen atoms in total. The number of nitrogens with zero attached hydrogens (tertiary/aromatic N) is 1. The molecule has 0 bridgehead atoms. The Kier molecular flexibility index (Phi) is 5.83. The fraction of sp³-hybridized carbons (Fsp3) is 0.625. The maximum absolute atomic E-state index is 9.94. The van der Waals surface area contributed by atoms with Gasteiger partial charge in [-0.05, 0) is 39.9 Å². The fourth-order valence-electron chi connectivity index (χ4n) is 2.44. The zero-order valence-electron chi connectivity index (χ0n) is 13.1. The molecular formula is C16H28N2O. The van der Waals surface area contributed by atoms with Gasteiger partial charge in [0.15, 0.2) is 0 Å². The zero-order chi connectivity index (χ0) is 14.6. The van der Waals surface area contributed by atoms with Crippen LogP contribution in [0.5, 0.6) is 5.75 Å². The van der Waals surface area contributed by atoms with Crippen LogP contribution in [-0.4, -0.2) is 36.7 Å². The Morgan fingerprint density at radius 2 is 1.84 bits per heavy atom. The van der Waals surface area contributed by atoms with Crippen molar-refractivity contribution in [3.8, 4) is 5.75 Å². The molecule has 0 amide bonds. The molecule has 0 aliphatic carbocycles. The van der Waals surface area contributed by atoms with Crippen molar-refractivity contribution >= 4 is 0 Å². The third-order valence-corrected chi connectivity index (χ3v) is 3.72. The Morgan fingerprint density at radius 1 is 1.21 bits per heavy atom. The van der Waals surface area contributed by atoms with E-state index < -0.39 is 0 Å². The van der Waals surface area contributed by atoms with E-state index in [-0.39, 0.29) is 6.04 Å². The normalized spacial score (nSPS) is 14.9. The van der Waals surface area contributed by atoms with Gasteiger partial charge in [0.05, 0.1) is 0 Å². The van der Waals surface area contributed by atoms with Gasteiger partial charge in [0.2, 0.25) is 0 Å². The molecular weight excluding hydrogens is 236 g/mol. The smallest absolute Gasteiger partial charge is 0.120 e. The van der Waals surface area contributed by atoms with Crippen molar-refractivity contribution in [1.82, 2.24) is 10.2 Å². The molecule has 2 atom stereocenters. The van der Waals surface area contributed by atoms with E-state index in [0.717, 1.165) is 12.1 Å². The molecule has 0 saturated carbocycles. The maximum atomic E-state index is 9.94. The van der Waals surface area contributed by atoms with Gasteiger partial charge in [-0.25, -0.2) is 0 Å². The highest BCUT2D eigenvalue weighted by Crippen LogP contribution is 2.25. The number of phenolic OH excluding ortho intramolecular Hbond substituents is 1. The summed E-state index contributed by atoms with van der Waals surface area (Å²) in [5.74, 6) is 0.970. The summed E-state index contributed by atoms with van der Waals surface area (Å²) in [6.45, 7) is 9.54. The number of rotatable bonds is 6. The van der Waals surface area contributed by atoms with Crippen molar-refractivity contribution in [3.05, 3.63) is 29.3 Å². The minimum Gasteiger partial charge on any atom is -0.508 e. The SMILES string of the molecule is Cc1ccc(O)c(C(C)NCC(C(C)C)N(C)C)c1. The third-order valence-electron chi connectivity index (χ3n) is 3.72. The van der Waals surface area contributed by atoms with E-state index in [1.54, 1.807) is 6.07 Å². The van der Waals surface area contributed by atoms with E-state index in [9.17, 15) is 5.11 Å². The first-order chi connectivity index (χ1) is 8.82. The van der Waals surface area contributed by atoms with Gasteiger partial charge in [0, 0.05) is 24.2 Å². The summed E-state index contributed by atoms with van der Waals surface area (Å²) < 4.78 is 0. The summed E-state index contributed by atoms with van der Waals surface area (Å²) in [4.78, 5) is 2.25. The van der Waals surface area contributed by atoms with Crippen LogP contribution in [0.4, 0.5) is 0 Å². The van der Waals surface area contributed by atoms with Gasteiger partial charge in [0.25, 0.3) is 0 Å². The average molecular weight is 264 g/mol. The summed E-state index contributed by atoms with van der Waals surface area (Å²) in [5, 5.41) is 13.5. The number of nitrogens with one attached hydrogen (secondary N) is 1. The predicted octanol–water partition coefficient (Wildman–Crippen LogP) is 2.94. The molecule has 1 aromatic carbocycles. The Labute approximate surface area is 117 Å². The Morgan fingerprint density at radius 3 is 2.37 bits per heavy atom. The second-order valence-corrected chi connectivity index (χ2v) is 5.97. The standard InChI is InChI=1S/C16H28N2O/c1-11(2)15(18(5)6)10-17-13(4)14-9-12(3)7-8-16(14)19/h7-9,11,13,15,17,19H,10H2,1-6H3. The molecule has 1 rings (SSSR count). The Hall–Kier alpha value is -1.06. The molecule has 2 N–H and O–H groups in total. The number of phenols is 1. The minimum atomic E-state index is 0.154. The van der Waals surface area contributed by atoms with Crippen molar-refractivity contribution in [2.24, 2.45) is 5.92 Å².